The lowest BCUT2D eigenvalue weighted by atomic mass is 9.92. The molecule has 1 aliphatic heterocycles. The lowest BCUT2D eigenvalue weighted by Gasteiger charge is -2.49. The van der Waals surface area contributed by atoms with Gasteiger partial charge in [0.05, 0.1) is 0 Å². The van der Waals surface area contributed by atoms with Crippen molar-refractivity contribution in [3.8, 4) is 0 Å². The highest BCUT2D eigenvalue weighted by atomic mass is 28.4. The summed E-state index contributed by atoms with van der Waals surface area (Å²) >= 11 is 0. The number of hydrogen-bond donors (Lipinski definition) is 0. The molecule has 6 nitrogen and oxygen atoms in total. The third kappa shape index (κ3) is 4.15. The zero-order chi connectivity index (χ0) is 19.9. The Balaban J connectivity index is 2.32. The van der Waals surface area contributed by atoms with Gasteiger partial charge in [0, 0.05) is 12.4 Å². The number of carbonyl (C=O) groups excluding carboxylic acids is 2. The van der Waals surface area contributed by atoms with Gasteiger partial charge in [-0.25, -0.2) is 9.69 Å². The number of pyridine rings is 1. The molecule has 2 heterocycles. The van der Waals surface area contributed by atoms with Crippen LogP contribution < -0.4 is 0 Å². The van der Waals surface area contributed by atoms with Crippen LogP contribution in [0.15, 0.2) is 24.5 Å². The molecule has 2 rings (SSSR count). The van der Waals surface area contributed by atoms with Crippen molar-refractivity contribution in [2.45, 2.75) is 77.4 Å². The van der Waals surface area contributed by atoms with Gasteiger partial charge in [-0.3, -0.25) is 9.78 Å². The lowest BCUT2D eigenvalue weighted by molar-refractivity contribution is -0.162. The van der Waals surface area contributed by atoms with E-state index in [9.17, 15) is 9.59 Å². The minimum atomic E-state index is -2.18. The second-order valence-corrected chi connectivity index (χ2v) is 14.0. The van der Waals surface area contributed by atoms with Crippen LogP contribution in [0.2, 0.25) is 18.1 Å². The van der Waals surface area contributed by atoms with Crippen molar-refractivity contribution in [1.82, 2.24) is 9.88 Å². The second-order valence-electron chi connectivity index (χ2n) is 9.21. The Hall–Kier alpha value is -1.73. The fourth-order valence-corrected chi connectivity index (χ4v) is 3.69. The first-order valence-electron chi connectivity index (χ1n) is 8.88. The molecule has 1 saturated heterocycles. The molecule has 0 aliphatic carbocycles. The van der Waals surface area contributed by atoms with Crippen molar-refractivity contribution in [2.75, 3.05) is 0 Å². The zero-order valence-corrected chi connectivity index (χ0v) is 18.0. The van der Waals surface area contributed by atoms with Crippen molar-refractivity contribution in [3.63, 3.8) is 0 Å². The van der Waals surface area contributed by atoms with Crippen LogP contribution in [0.3, 0.4) is 0 Å². The fraction of sp³-hybridized carbons (Fsp3) is 0.632. The number of likely N-dealkylation sites (tertiary alicyclic amines) is 1. The van der Waals surface area contributed by atoms with Gasteiger partial charge in [0.25, 0.3) is 5.91 Å². The predicted octanol–water partition coefficient (Wildman–Crippen LogP) is 4.29. The number of nitrogens with zero attached hydrogens (tertiary/aromatic N) is 2. The summed E-state index contributed by atoms with van der Waals surface area (Å²) in [6.07, 6.45) is 1.98. The molecule has 0 radical (unpaired) electrons. The number of hydrogen-bond acceptors (Lipinski definition) is 5. The quantitative estimate of drug-likeness (QED) is 0.580. The minimum absolute atomic E-state index is 0.0393. The van der Waals surface area contributed by atoms with Crippen molar-refractivity contribution >= 4 is 20.3 Å². The average molecular weight is 379 g/mol. The fourth-order valence-electron chi connectivity index (χ4n) is 2.47. The molecule has 2 amide bonds. The molecule has 0 saturated carbocycles. The van der Waals surface area contributed by atoms with E-state index in [0.717, 1.165) is 5.56 Å². The molecular formula is C19H30N2O4Si. The predicted molar refractivity (Wildman–Crippen MR) is 102 cm³/mol. The van der Waals surface area contributed by atoms with Gasteiger partial charge in [0.1, 0.15) is 11.6 Å². The van der Waals surface area contributed by atoms with E-state index < -0.39 is 32.2 Å². The molecular weight excluding hydrogens is 348 g/mol. The molecule has 7 heteroatoms. The molecule has 1 aliphatic rings. The monoisotopic (exact) mass is 378 g/mol. The van der Waals surface area contributed by atoms with Crippen LogP contribution in [0.25, 0.3) is 0 Å². The standard InChI is InChI=1S/C19H30N2O4Si/c1-18(2,3)24-17(23)21-14(13-9-11-20-12-10-13)15(16(21)22)25-26(7,8)19(4,5)6/h9-12,14-15H,1-8H3/t14-,15+/m1/s1. The molecule has 0 N–H and O–H groups in total. The van der Waals surface area contributed by atoms with E-state index >= 15 is 0 Å². The van der Waals surface area contributed by atoms with Crippen LogP contribution in [-0.4, -0.2) is 41.9 Å². The van der Waals surface area contributed by atoms with Gasteiger partial charge in [-0.15, -0.1) is 0 Å². The van der Waals surface area contributed by atoms with E-state index in [-0.39, 0.29) is 10.9 Å². The van der Waals surface area contributed by atoms with Gasteiger partial charge in [-0.05, 0) is 56.6 Å². The van der Waals surface area contributed by atoms with Crippen LogP contribution >= 0.6 is 0 Å². The summed E-state index contributed by atoms with van der Waals surface area (Å²) in [5, 5.41) is -0.0393. The van der Waals surface area contributed by atoms with Crippen LogP contribution in [0.1, 0.15) is 53.1 Å². The molecule has 0 bridgehead atoms. The van der Waals surface area contributed by atoms with Gasteiger partial charge in [0.15, 0.2) is 14.4 Å². The number of ether oxygens (including phenoxy) is 1. The van der Waals surface area contributed by atoms with Crippen LogP contribution in [0.5, 0.6) is 0 Å². The normalized spacial score (nSPS) is 21.4. The summed E-state index contributed by atoms with van der Waals surface area (Å²) in [4.78, 5) is 30.5. The maximum Gasteiger partial charge on any atom is 0.417 e. The smallest absolute Gasteiger partial charge is 0.417 e. The number of aromatic nitrogens is 1. The van der Waals surface area contributed by atoms with E-state index in [4.69, 9.17) is 9.16 Å². The van der Waals surface area contributed by atoms with Gasteiger partial charge >= 0.3 is 6.09 Å². The van der Waals surface area contributed by atoms with Gasteiger partial charge < -0.3 is 9.16 Å². The molecule has 26 heavy (non-hydrogen) atoms. The lowest BCUT2D eigenvalue weighted by Crippen LogP contribution is -2.65. The Kier molecular flexibility index (Phi) is 5.36. The van der Waals surface area contributed by atoms with E-state index in [2.05, 4.69) is 38.8 Å². The minimum Gasteiger partial charge on any atom is -0.443 e. The first kappa shape index (κ1) is 20.6. The van der Waals surface area contributed by atoms with Crippen molar-refractivity contribution in [2.24, 2.45) is 0 Å². The number of carbonyl (C=O) groups is 2. The summed E-state index contributed by atoms with van der Waals surface area (Å²) in [6.45, 7) is 15.9. The highest BCUT2D eigenvalue weighted by molar-refractivity contribution is 6.74. The molecule has 1 aromatic heterocycles. The highest BCUT2D eigenvalue weighted by Crippen LogP contribution is 2.44. The zero-order valence-electron chi connectivity index (χ0n) is 17.0. The Bertz CT molecular complexity index is 677. The molecule has 1 fully saturated rings. The SMILES string of the molecule is CC(C)(C)OC(=O)N1C(=O)[C@@H](O[Si](C)(C)C(C)(C)C)[C@H]1c1ccncc1. The van der Waals surface area contributed by atoms with Crippen LogP contribution in [0, 0.1) is 0 Å². The van der Waals surface area contributed by atoms with Crippen molar-refractivity contribution < 1.29 is 18.8 Å². The Morgan fingerprint density at radius 3 is 2.12 bits per heavy atom. The third-order valence-corrected chi connectivity index (χ3v) is 9.37. The first-order chi connectivity index (χ1) is 11.7. The summed E-state index contributed by atoms with van der Waals surface area (Å²) < 4.78 is 11.8. The summed E-state index contributed by atoms with van der Waals surface area (Å²) in [5.41, 5.74) is 0.139. The summed E-state index contributed by atoms with van der Waals surface area (Å²) in [7, 11) is -2.18. The van der Waals surface area contributed by atoms with E-state index in [0.29, 0.717) is 0 Å². The molecule has 0 unspecified atom stereocenters. The Morgan fingerprint density at radius 2 is 1.65 bits per heavy atom. The molecule has 0 aromatic carbocycles. The topological polar surface area (TPSA) is 68.7 Å². The molecule has 1 aromatic rings. The van der Waals surface area contributed by atoms with Crippen LogP contribution in [0.4, 0.5) is 4.79 Å². The average Bonchev–Trinajstić information content (AvgIpc) is 2.47. The Morgan fingerprint density at radius 1 is 1.12 bits per heavy atom. The van der Waals surface area contributed by atoms with Crippen LogP contribution in [-0.2, 0) is 14.0 Å². The second kappa shape index (κ2) is 6.77. The number of amides is 2. The number of rotatable bonds is 3. The third-order valence-electron chi connectivity index (χ3n) is 4.91. The van der Waals surface area contributed by atoms with Crippen molar-refractivity contribution in [1.29, 1.82) is 0 Å². The maximum absolute atomic E-state index is 12.8. The summed E-state index contributed by atoms with van der Waals surface area (Å²) in [5.74, 6) is -0.342. The largest absolute Gasteiger partial charge is 0.443 e. The number of β-lactam (4-membered cyclic amide) rings is 1. The maximum atomic E-state index is 12.8. The van der Waals surface area contributed by atoms with Gasteiger partial charge in [-0.1, -0.05) is 20.8 Å². The molecule has 2 atom stereocenters. The molecule has 0 spiro atoms. The van der Waals surface area contributed by atoms with E-state index in [1.807, 2.05) is 0 Å². The highest BCUT2D eigenvalue weighted by Gasteiger charge is 2.56. The van der Waals surface area contributed by atoms with E-state index in [1.165, 1.54) is 4.90 Å². The summed E-state index contributed by atoms with van der Waals surface area (Å²) in [6, 6.07) is 3.11. The van der Waals surface area contributed by atoms with E-state index in [1.54, 1.807) is 45.3 Å². The molecule has 144 valence electrons. The van der Waals surface area contributed by atoms with Gasteiger partial charge in [0.2, 0.25) is 0 Å². The Labute approximate surface area is 157 Å². The number of imide groups is 1. The first-order valence-corrected chi connectivity index (χ1v) is 11.8. The van der Waals surface area contributed by atoms with Gasteiger partial charge in [-0.2, -0.15) is 0 Å². The van der Waals surface area contributed by atoms with Crippen molar-refractivity contribution in [3.05, 3.63) is 30.1 Å².